The number of fused-ring (bicyclic) bond motifs is 1. The van der Waals surface area contributed by atoms with E-state index in [1.54, 1.807) is 0 Å². The molecule has 18 heavy (non-hydrogen) atoms. The van der Waals surface area contributed by atoms with E-state index in [9.17, 15) is 0 Å². The van der Waals surface area contributed by atoms with Gasteiger partial charge < -0.3 is 10.2 Å². The highest BCUT2D eigenvalue weighted by molar-refractivity contribution is 5.76. The molecule has 98 valence electrons. The smallest absolute Gasteiger partial charge is 0.209 e. The lowest BCUT2D eigenvalue weighted by Gasteiger charge is -2.18. The molecule has 0 aliphatic carbocycles. The van der Waals surface area contributed by atoms with Crippen molar-refractivity contribution in [2.45, 2.75) is 26.8 Å². The Balaban J connectivity index is 2.07. The summed E-state index contributed by atoms with van der Waals surface area (Å²) >= 11 is 0. The normalized spacial score (nSPS) is 13.3. The van der Waals surface area contributed by atoms with Gasteiger partial charge in [0.15, 0.2) is 5.58 Å². The Morgan fingerprint density at radius 1 is 1.44 bits per heavy atom. The van der Waals surface area contributed by atoms with Crippen LogP contribution in [-0.4, -0.2) is 23.5 Å². The maximum atomic E-state index is 5.72. The highest BCUT2D eigenvalue weighted by Crippen LogP contribution is 2.19. The van der Waals surface area contributed by atoms with Gasteiger partial charge in [0, 0.05) is 18.3 Å². The van der Waals surface area contributed by atoms with E-state index in [-0.39, 0.29) is 0 Å². The molecule has 0 saturated carbocycles. The molecular weight excluding hydrogens is 226 g/mol. The van der Waals surface area contributed by atoms with Gasteiger partial charge in [0.1, 0.15) is 5.52 Å². The Bertz CT molecular complexity index is 521. The first kappa shape index (κ1) is 12.9. The van der Waals surface area contributed by atoms with Gasteiger partial charge in [-0.05, 0) is 25.1 Å². The number of aromatic nitrogens is 1. The third kappa shape index (κ3) is 3.01. The molecule has 0 aliphatic heterocycles. The Hall–Kier alpha value is -1.55. The molecule has 0 saturated heterocycles. The third-order valence-electron chi connectivity index (χ3n) is 3.18. The van der Waals surface area contributed by atoms with Crippen molar-refractivity contribution in [3.8, 4) is 0 Å². The molecule has 1 atom stereocenters. The Kier molecular flexibility index (Phi) is 3.87. The number of oxazole rings is 1. The van der Waals surface area contributed by atoms with Crippen LogP contribution in [0.2, 0.25) is 0 Å². The van der Waals surface area contributed by atoms with Crippen molar-refractivity contribution in [2.24, 2.45) is 5.92 Å². The third-order valence-corrected chi connectivity index (χ3v) is 3.18. The monoisotopic (exact) mass is 247 g/mol. The zero-order chi connectivity index (χ0) is 13.1. The summed E-state index contributed by atoms with van der Waals surface area (Å²) in [7, 11) is 2.09. The minimum Gasteiger partial charge on any atom is -0.439 e. The molecule has 2 rings (SSSR count). The fourth-order valence-electron chi connectivity index (χ4n) is 2.01. The number of rotatable bonds is 5. The molecule has 1 unspecified atom stereocenters. The summed E-state index contributed by atoms with van der Waals surface area (Å²) in [5.74, 6) is 1.44. The van der Waals surface area contributed by atoms with E-state index in [1.165, 1.54) is 6.42 Å². The van der Waals surface area contributed by atoms with Crippen molar-refractivity contribution in [1.82, 2.24) is 9.88 Å². The second kappa shape index (κ2) is 5.40. The first-order chi connectivity index (χ1) is 8.58. The Morgan fingerprint density at radius 3 is 2.94 bits per heavy atom. The van der Waals surface area contributed by atoms with Crippen LogP contribution in [0.25, 0.3) is 11.1 Å². The van der Waals surface area contributed by atoms with Crippen LogP contribution in [0.4, 0.5) is 5.69 Å². The van der Waals surface area contributed by atoms with Crippen LogP contribution < -0.4 is 5.73 Å². The molecule has 4 nitrogen and oxygen atoms in total. The number of nitrogens with zero attached hydrogens (tertiary/aromatic N) is 2. The predicted octanol–water partition coefficient (Wildman–Crippen LogP) is 2.89. The van der Waals surface area contributed by atoms with Crippen LogP contribution in [-0.2, 0) is 6.54 Å². The summed E-state index contributed by atoms with van der Waals surface area (Å²) in [6, 6.07) is 5.56. The molecule has 1 aromatic heterocycles. The van der Waals surface area contributed by atoms with Gasteiger partial charge in [-0.25, -0.2) is 4.98 Å². The van der Waals surface area contributed by atoms with Crippen LogP contribution in [0, 0.1) is 5.92 Å². The largest absolute Gasteiger partial charge is 0.439 e. The summed E-state index contributed by atoms with van der Waals surface area (Å²) < 4.78 is 5.70. The molecule has 0 aliphatic rings. The number of anilines is 1. The molecule has 0 bridgehead atoms. The standard InChI is InChI=1S/C14H21N3O/c1-4-10(2)8-17(3)9-14-16-12-6-5-11(15)7-13(12)18-14/h5-7,10H,4,8-9,15H2,1-3H3. The summed E-state index contributed by atoms with van der Waals surface area (Å²) in [5, 5.41) is 0. The van der Waals surface area contributed by atoms with Crippen LogP contribution in [0.1, 0.15) is 26.2 Å². The summed E-state index contributed by atoms with van der Waals surface area (Å²) in [6.45, 7) is 6.25. The van der Waals surface area contributed by atoms with Crippen molar-refractivity contribution in [3.63, 3.8) is 0 Å². The van der Waals surface area contributed by atoms with Crippen LogP contribution in [0.5, 0.6) is 0 Å². The second-order valence-electron chi connectivity index (χ2n) is 5.04. The fraction of sp³-hybridized carbons (Fsp3) is 0.500. The van der Waals surface area contributed by atoms with Crippen molar-refractivity contribution in [3.05, 3.63) is 24.1 Å². The van der Waals surface area contributed by atoms with Crippen LogP contribution >= 0.6 is 0 Å². The average molecular weight is 247 g/mol. The lowest BCUT2D eigenvalue weighted by atomic mass is 10.1. The van der Waals surface area contributed by atoms with Gasteiger partial charge in [-0.2, -0.15) is 0 Å². The molecular formula is C14H21N3O. The molecule has 0 spiro atoms. The summed E-state index contributed by atoms with van der Waals surface area (Å²) in [4.78, 5) is 6.70. The first-order valence-corrected chi connectivity index (χ1v) is 6.42. The van der Waals surface area contributed by atoms with Gasteiger partial charge in [0.2, 0.25) is 5.89 Å². The molecule has 2 N–H and O–H groups in total. The van der Waals surface area contributed by atoms with E-state index < -0.39 is 0 Å². The highest BCUT2D eigenvalue weighted by atomic mass is 16.3. The quantitative estimate of drug-likeness (QED) is 0.825. The van der Waals surface area contributed by atoms with Crippen molar-refractivity contribution in [2.75, 3.05) is 19.3 Å². The van der Waals surface area contributed by atoms with Gasteiger partial charge in [-0.1, -0.05) is 20.3 Å². The van der Waals surface area contributed by atoms with E-state index in [2.05, 4.69) is 30.8 Å². The summed E-state index contributed by atoms with van der Waals surface area (Å²) in [6.07, 6.45) is 1.19. The summed E-state index contributed by atoms with van der Waals surface area (Å²) in [5.41, 5.74) is 8.06. The molecule has 4 heteroatoms. The number of nitrogen functional groups attached to an aromatic ring is 1. The van der Waals surface area contributed by atoms with Crippen molar-refractivity contribution < 1.29 is 4.42 Å². The number of hydrogen-bond acceptors (Lipinski definition) is 4. The lowest BCUT2D eigenvalue weighted by molar-refractivity contribution is 0.252. The fourth-order valence-corrected chi connectivity index (χ4v) is 2.01. The van der Waals surface area contributed by atoms with Gasteiger partial charge >= 0.3 is 0 Å². The van der Waals surface area contributed by atoms with E-state index in [0.717, 1.165) is 30.1 Å². The van der Waals surface area contributed by atoms with E-state index in [4.69, 9.17) is 10.2 Å². The molecule has 0 amide bonds. The van der Waals surface area contributed by atoms with Crippen molar-refractivity contribution >= 4 is 16.8 Å². The molecule has 0 radical (unpaired) electrons. The van der Waals surface area contributed by atoms with Gasteiger partial charge in [-0.3, -0.25) is 4.90 Å². The minimum absolute atomic E-state index is 0.690. The second-order valence-corrected chi connectivity index (χ2v) is 5.04. The average Bonchev–Trinajstić information content (AvgIpc) is 2.69. The topological polar surface area (TPSA) is 55.3 Å². The molecule has 0 fully saturated rings. The zero-order valence-electron chi connectivity index (χ0n) is 11.3. The number of benzene rings is 1. The van der Waals surface area contributed by atoms with Crippen LogP contribution in [0.15, 0.2) is 22.6 Å². The zero-order valence-corrected chi connectivity index (χ0v) is 11.3. The van der Waals surface area contributed by atoms with E-state index in [1.807, 2.05) is 18.2 Å². The predicted molar refractivity (Wildman–Crippen MR) is 74.2 cm³/mol. The lowest BCUT2D eigenvalue weighted by Crippen LogP contribution is -2.23. The van der Waals surface area contributed by atoms with Gasteiger partial charge in [0.25, 0.3) is 0 Å². The molecule has 2 aromatic rings. The van der Waals surface area contributed by atoms with Gasteiger partial charge in [0.05, 0.1) is 6.54 Å². The van der Waals surface area contributed by atoms with Gasteiger partial charge in [-0.15, -0.1) is 0 Å². The first-order valence-electron chi connectivity index (χ1n) is 6.42. The van der Waals surface area contributed by atoms with Crippen LogP contribution in [0.3, 0.4) is 0 Å². The Labute approximate surface area is 108 Å². The molecule has 1 aromatic carbocycles. The minimum atomic E-state index is 0.690. The number of hydrogen-bond donors (Lipinski definition) is 1. The van der Waals surface area contributed by atoms with Crippen molar-refractivity contribution in [1.29, 1.82) is 0 Å². The molecule has 1 heterocycles. The van der Waals surface area contributed by atoms with E-state index >= 15 is 0 Å². The maximum Gasteiger partial charge on any atom is 0.209 e. The number of nitrogens with two attached hydrogens (primary N) is 1. The van der Waals surface area contributed by atoms with E-state index in [0.29, 0.717) is 11.6 Å². The highest BCUT2D eigenvalue weighted by Gasteiger charge is 2.10. The SMILES string of the molecule is CCC(C)CN(C)Cc1nc2ccc(N)cc2o1. The Morgan fingerprint density at radius 2 is 2.22 bits per heavy atom. The maximum absolute atomic E-state index is 5.72.